The van der Waals surface area contributed by atoms with Crippen molar-refractivity contribution in [1.29, 1.82) is 0 Å². The van der Waals surface area contributed by atoms with Crippen molar-refractivity contribution in [2.24, 2.45) is 5.73 Å². The van der Waals surface area contributed by atoms with E-state index in [4.69, 9.17) is 28.9 Å². The third-order valence-corrected chi connectivity index (χ3v) is 3.50. The third kappa shape index (κ3) is 3.27. The van der Waals surface area contributed by atoms with Crippen LogP contribution >= 0.6 is 23.2 Å². The van der Waals surface area contributed by atoms with Gasteiger partial charge in [0.1, 0.15) is 0 Å². The molecule has 0 aliphatic heterocycles. The second-order valence-corrected chi connectivity index (χ2v) is 5.30. The highest BCUT2D eigenvalue weighted by molar-refractivity contribution is 6.44. The summed E-state index contributed by atoms with van der Waals surface area (Å²) in [5.74, 6) is -0.591. The summed E-state index contributed by atoms with van der Waals surface area (Å²) in [6.45, 7) is 6.11. The number of amides is 1. The topological polar surface area (TPSA) is 55.1 Å². The van der Waals surface area contributed by atoms with Gasteiger partial charge in [0.05, 0.1) is 15.6 Å². The lowest BCUT2D eigenvalue weighted by atomic mass is 10.0. The first-order chi connectivity index (χ1) is 7.78. The summed E-state index contributed by atoms with van der Waals surface area (Å²) < 4.78 is 0. The summed E-state index contributed by atoms with van der Waals surface area (Å²) in [5, 5.41) is 3.75. The Kier molecular flexibility index (Phi) is 4.28. The van der Waals surface area contributed by atoms with Crippen LogP contribution in [0.25, 0.3) is 0 Å². The van der Waals surface area contributed by atoms with Crippen LogP contribution in [0, 0.1) is 0 Å². The summed E-state index contributed by atoms with van der Waals surface area (Å²) in [6, 6.07) is 3.36. The van der Waals surface area contributed by atoms with Gasteiger partial charge in [0.25, 0.3) is 5.91 Å². The minimum Gasteiger partial charge on any atom is -0.379 e. The Morgan fingerprint density at radius 1 is 1.41 bits per heavy atom. The van der Waals surface area contributed by atoms with Gasteiger partial charge in [0.15, 0.2) is 0 Å². The molecule has 0 heterocycles. The monoisotopic (exact) mass is 274 g/mol. The van der Waals surface area contributed by atoms with Crippen LogP contribution in [0.2, 0.25) is 10.0 Å². The van der Waals surface area contributed by atoms with Crippen LogP contribution in [-0.2, 0) is 0 Å². The van der Waals surface area contributed by atoms with Gasteiger partial charge in [0, 0.05) is 11.2 Å². The molecule has 0 saturated carbocycles. The zero-order valence-electron chi connectivity index (χ0n) is 10.1. The quantitative estimate of drug-likeness (QED) is 0.880. The normalized spacial score (nSPS) is 11.4. The summed E-state index contributed by atoms with van der Waals surface area (Å²) in [6.07, 6.45) is 0.894. The van der Waals surface area contributed by atoms with Gasteiger partial charge >= 0.3 is 0 Å². The molecule has 17 heavy (non-hydrogen) atoms. The van der Waals surface area contributed by atoms with Crippen molar-refractivity contribution in [3.8, 4) is 0 Å². The maximum Gasteiger partial charge on any atom is 0.252 e. The molecule has 94 valence electrons. The highest BCUT2D eigenvalue weighted by Gasteiger charge is 2.21. The van der Waals surface area contributed by atoms with Crippen LogP contribution in [0.3, 0.4) is 0 Å². The molecule has 0 unspecified atom stereocenters. The fraction of sp³-hybridized carbons (Fsp3) is 0.417. The van der Waals surface area contributed by atoms with E-state index in [1.54, 1.807) is 12.1 Å². The molecule has 5 heteroatoms. The lowest BCUT2D eigenvalue weighted by Gasteiger charge is -2.27. The molecule has 0 radical (unpaired) electrons. The number of primary amides is 1. The lowest BCUT2D eigenvalue weighted by Crippen LogP contribution is -2.31. The number of hydrogen-bond donors (Lipinski definition) is 2. The molecule has 1 aromatic rings. The lowest BCUT2D eigenvalue weighted by molar-refractivity contribution is 0.100. The summed E-state index contributed by atoms with van der Waals surface area (Å²) in [4.78, 5) is 11.4. The van der Waals surface area contributed by atoms with E-state index in [0.717, 1.165) is 6.42 Å². The molecular formula is C12H16Cl2N2O. The maximum absolute atomic E-state index is 11.4. The first-order valence-corrected chi connectivity index (χ1v) is 6.10. The van der Waals surface area contributed by atoms with Gasteiger partial charge in [-0.1, -0.05) is 30.1 Å². The Hall–Kier alpha value is -0.930. The fourth-order valence-corrected chi connectivity index (χ4v) is 1.76. The number of carbonyl (C=O) groups excluding carboxylic acids is 1. The second kappa shape index (κ2) is 5.15. The highest BCUT2D eigenvalue weighted by atomic mass is 35.5. The number of nitrogens with one attached hydrogen (secondary N) is 1. The van der Waals surface area contributed by atoms with Crippen molar-refractivity contribution in [2.45, 2.75) is 32.7 Å². The highest BCUT2D eigenvalue weighted by Crippen LogP contribution is 2.32. The van der Waals surface area contributed by atoms with E-state index in [1.165, 1.54) is 0 Å². The van der Waals surface area contributed by atoms with Crippen molar-refractivity contribution in [3.05, 3.63) is 27.7 Å². The van der Waals surface area contributed by atoms with Gasteiger partial charge in [-0.05, 0) is 32.4 Å². The molecule has 1 aromatic carbocycles. The van der Waals surface area contributed by atoms with Crippen LogP contribution in [-0.4, -0.2) is 11.4 Å². The first kappa shape index (κ1) is 14.1. The van der Waals surface area contributed by atoms with Crippen LogP contribution in [0.1, 0.15) is 37.6 Å². The average molecular weight is 275 g/mol. The standard InChI is InChI=1S/C12H16Cl2N2O/c1-4-12(2,3)16-8-6-5-7(13)10(14)9(8)11(15)17/h5-6,16H,4H2,1-3H3,(H2,15,17). The van der Waals surface area contributed by atoms with Crippen molar-refractivity contribution in [1.82, 2.24) is 0 Å². The minimum atomic E-state index is -0.591. The predicted molar refractivity (Wildman–Crippen MR) is 73.0 cm³/mol. The smallest absolute Gasteiger partial charge is 0.252 e. The number of hydrogen-bond acceptors (Lipinski definition) is 2. The Labute approximate surface area is 111 Å². The van der Waals surface area contributed by atoms with E-state index in [2.05, 4.69) is 12.2 Å². The van der Waals surface area contributed by atoms with Crippen molar-refractivity contribution >= 4 is 34.8 Å². The Morgan fingerprint density at radius 3 is 2.47 bits per heavy atom. The molecule has 1 amide bonds. The van der Waals surface area contributed by atoms with Crippen molar-refractivity contribution < 1.29 is 4.79 Å². The Balaban J connectivity index is 3.25. The predicted octanol–water partition coefficient (Wildman–Crippen LogP) is 3.69. The van der Waals surface area contributed by atoms with Crippen LogP contribution in [0.5, 0.6) is 0 Å². The number of nitrogens with two attached hydrogens (primary N) is 1. The number of benzene rings is 1. The van der Waals surface area contributed by atoms with Gasteiger partial charge in [-0.2, -0.15) is 0 Å². The molecule has 0 aliphatic carbocycles. The molecule has 0 saturated heterocycles. The Morgan fingerprint density at radius 2 is 2.00 bits per heavy atom. The first-order valence-electron chi connectivity index (χ1n) is 5.34. The summed E-state index contributed by atoms with van der Waals surface area (Å²) >= 11 is 11.9. The molecule has 3 N–H and O–H groups in total. The molecule has 0 fully saturated rings. The minimum absolute atomic E-state index is 0.151. The molecule has 0 bridgehead atoms. The Bertz CT molecular complexity index is 444. The molecular weight excluding hydrogens is 259 g/mol. The number of rotatable bonds is 4. The van der Waals surface area contributed by atoms with E-state index in [1.807, 2.05) is 13.8 Å². The number of anilines is 1. The van der Waals surface area contributed by atoms with Crippen LogP contribution < -0.4 is 11.1 Å². The van der Waals surface area contributed by atoms with E-state index in [9.17, 15) is 4.79 Å². The SMILES string of the molecule is CCC(C)(C)Nc1ccc(Cl)c(Cl)c1C(N)=O. The average Bonchev–Trinajstić information content (AvgIpc) is 2.23. The third-order valence-electron chi connectivity index (χ3n) is 2.70. The molecule has 1 rings (SSSR count). The van der Waals surface area contributed by atoms with Gasteiger partial charge < -0.3 is 11.1 Å². The van der Waals surface area contributed by atoms with E-state index in [-0.39, 0.29) is 16.1 Å². The molecule has 0 aliphatic rings. The van der Waals surface area contributed by atoms with E-state index < -0.39 is 5.91 Å². The summed E-state index contributed by atoms with van der Waals surface area (Å²) in [7, 11) is 0. The number of halogens is 2. The second-order valence-electron chi connectivity index (χ2n) is 4.51. The molecule has 0 aromatic heterocycles. The zero-order valence-corrected chi connectivity index (χ0v) is 11.6. The van der Waals surface area contributed by atoms with Gasteiger partial charge in [-0.25, -0.2) is 0 Å². The maximum atomic E-state index is 11.4. The van der Waals surface area contributed by atoms with Gasteiger partial charge in [-0.15, -0.1) is 0 Å². The molecule has 0 atom stereocenters. The van der Waals surface area contributed by atoms with E-state index in [0.29, 0.717) is 10.7 Å². The van der Waals surface area contributed by atoms with Crippen molar-refractivity contribution in [2.75, 3.05) is 5.32 Å². The van der Waals surface area contributed by atoms with Gasteiger partial charge in [-0.3, -0.25) is 4.79 Å². The van der Waals surface area contributed by atoms with E-state index >= 15 is 0 Å². The van der Waals surface area contributed by atoms with Crippen LogP contribution in [0.4, 0.5) is 5.69 Å². The largest absolute Gasteiger partial charge is 0.379 e. The van der Waals surface area contributed by atoms with Crippen molar-refractivity contribution in [3.63, 3.8) is 0 Å². The molecule has 3 nitrogen and oxygen atoms in total. The number of carbonyl (C=O) groups is 1. The van der Waals surface area contributed by atoms with Crippen LogP contribution in [0.15, 0.2) is 12.1 Å². The fourth-order valence-electron chi connectivity index (χ4n) is 1.35. The summed E-state index contributed by atoms with van der Waals surface area (Å²) in [5.41, 5.74) is 6.02. The van der Waals surface area contributed by atoms with Gasteiger partial charge in [0.2, 0.25) is 0 Å². The zero-order chi connectivity index (χ0) is 13.2. The molecule has 0 spiro atoms.